The van der Waals surface area contributed by atoms with Crippen LogP contribution in [0.15, 0.2) is 84.6 Å². The molecule has 2 saturated heterocycles. The first-order chi connectivity index (χ1) is 30.6. The van der Waals surface area contributed by atoms with E-state index in [0.717, 1.165) is 24.8 Å². The first-order valence-electron chi connectivity index (χ1n) is 24.2. The fourth-order valence-electron chi connectivity index (χ4n) is 8.27. The Morgan fingerprint density at radius 3 is 2.38 bits per heavy atom. The van der Waals surface area contributed by atoms with E-state index in [2.05, 4.69) is 19.6 Å². The van der Waals surface area contributed by atoms with Crippen molar-refractivity contribution in [1.82, 2.24) is 0 Å². The average molecular weight is 895 g/mol. The number of ether oxygens (including phenoxy) is 5. The predicted molar refractivity (Wildman–Crippen MR) is 252 cm³/mol. The van der Waals surface area contributed by atoms with Crippen LogP contribution in [0.25, 0.3) is 0 Å². The third kappa shape index (κ3) is 20.3. The summed E-state index contributed by atoms with van der Waals surface area (Å²) in [5.74, 6) is -1.48. The van der Waals surface area contributed by atoms with Gasteiger partial charge in [-0.15, -0.1) is 0 Å². The van der Waals surface area contributed by atoms with Crippen LogP contribution in [-0.4, -0.2) is 95.3 Å². The second-order valence-corrected chi connectivity index (χ2v) is 18.8. The molecule has 3 rings (SSSR count). The van der Waals surface area contributed by atoms with Gasteiger partial charge in [-0.25, -0.2) is 9.59 Å². The van der Waals surface area contributed by atoms with Crippen LogP contribution in [0, 0.1) is 17.3 Å². The van der Waals surface area contributed by atoms with Crippen molar-refractivity contribution in [2.24, 2.45) is 17.3 Å². The molecule has 3 aliphatic heterocycles. The Labute approximate surface area is 384 Å². The molecule has 0 aromatic heterocycles. The molecule has 0 aliphatic carbocycles. The van der Waals surface area contributed by atoms with Crippen LogP contribution >= 0.6 is 0 Å². The number of allylic oxidation sites excluding steroid dienone is 6. The van der Waals surface area contributed by atoms with Gasteiger partial charge in [0.05, 0.1) is 42.0 Å². The summed E-state index contributed by atoms with van der Waals surface area (Å²) < 4.78 is 30.5. The molecule has 4 bridgehead atoms. The SMILES string of the molecule is C=C(COC(=O)[C@H](O)CC=CC[C@@H]1O[C@@H]2/C=C/CC=C/C(C)=C\[C@H]3O[C@@H](C/C=C/C=C/C(=O)O[C@H](C2)[C@@]1(C)COC(=O)CCCCCCCCCCC)C[C@H](O)[C@H]3C)C(O)CC(C)C. The molecule has 0 amide bonds. The van der Waals surface area contributed by atoms with Crippen LogP contribution in [-0.2, 0) is 38.1 Å². The van der Waals surface area contributed by atoms with Crippen molar-refractivity contribution in [2.75, 3.05) is 13.2 Å². The number of aliphatic hydroxyl groups excluding tert-OH is 3. The zero-order valence-corrected chi connectivity index (χ0v) is 39.9. The summed E-state index contributed by atoms with van der Waals surface area (Å²) in [6.07, 6.45) is 28.8. The maximum absolute atomic E-state index is 13.5. The molecule has 3 aliphatic rings. The Balaban J connectivity index is 1.79. The van der Waals surface area contributed by atoms with Crippen LogP contribution in [0.1, 0.15) is 151 Å². The smallest absolute Gasteiger partial charge is 0.335 e. The summed E-state index contributed by atoms with van der Waals surface area (Å²) in [5, 5.41) is 31.7. The summed E-state index contributed by atoms with van der Waals surface area (Å²) in [7, 11) is 0. The van der Waals surface area contributed by atoms with Crippen LogP contribution < -0.4 is 0 Å². The summed E-state index contributed by atoms with van der Waals surface area (Å²) in [5.41, 5.74) is 0.448. The second kappa shape index (κ2) is 29.8. The Kier molecular flexibility index (Phi) is 25.5. The topological polar surface area (TPSA) is 158 Å². The number of hydrogen-bond donors (Lipinski definition) is 3. The quantitative estimate of drug-likeness (QED) is 0.0411. The highest BCUT2D eigenvalue weighted by Gasteiger charge is 2.50. The van der Waals surface area contributed by atoms with Crippen molar-refractivity contribution in [3.8, 4) is 0 Å². The van der Waals surface area contributed by atoms with E-state index in [9.17, 15) is 29.7 Å². The van der Waals surface area contributed by atoms with E-state index in [1.165, 1.54) is 44.6 Å². The molecule has 3 N–H and O–H groups in total. The molecule has 0 spiro atoms. The lowest BCUT2D eigenvalue weighted by molar-refractivity contribution is -0.204. The number of aliphatic hydroxyl groups is 3. The van der Waals surface area contributed by atoms with Crippen molar-refractivity contribution >= 4 is 17.9 Å². The first-order valence-corrected chi connectivity index (χ1v) is 24.2. The van der Waals surface area contributed by atoms with E-state index in [0.29, 0.717) is 50.5 Å². The minimum absolute atomic E-state index is 0.0234. The van der Waals surface area contributed by atoms with Crippen molar-refractivity contribution in [3.63, 3.8) is 0 Å². The van der Waals surface area contributed by atoms with E-state index in [-0.39, 0.29) is 49.6 Å². The van der Waals surface area contributed by atoms with E-state index >= 15 is 0 Å². The molecule has 1 unspecified atom stereocenters. The van der Waals surface area contributed by atoms with Gasteiger partial charge in [-0.1, -0.05) is 159 Å². The van der Waals surface area contributed by atoms with Gasteiger partial charge in [0.25, 0.3) is 0 Å². The number of esters is 3. The molecule has 3 heterocycles. The van der Waals surface area contributed by atoms with E-state index in [1.807, 2.05) is 71.1 Å². The first kappa shape index (κ1) is 54.7. The van der Waals surface area contributed by atoms with Crippen LogP contribution in [0.2, 0.25) is 0 Å². The molecule has 0 aromatic rings. The van der Waals surface area contributed by atoms with Crippen LogP contribution in [0.3, 0.4) is 0 Å². The van der Waals surface area contributed by atoms with Gasteiger partial charge >= 0.3 is 17.9 Å². The zero-order valence-electron chi connectivity index (χ0n) is 39.9. The Morgan fingerprint density at radius 1 is 0.938 bits per heavy atom. The summed E-state index contributed by atoms with van der Waals surface area (Å²) in [6, 6.07) is 0. The average Bonchev–Trinajstić information content (AvgIpc) is 3.25. The zero-order chi connectivity index (χ0) is 46.9. The molecule has 11 nitrogen and oxygen atoms in total. The van der Waals surface area contributed by atoms with Crippen molar-refractivity contribution in [3.05, 3.63) is 84.6 Å². The maximum Gasteiger partial charge on any atom is 0.335 e. The standard InChI is InChI=1S/C53H82O11/c1-8-9-10-11-12-13-14-15-21-30-50(57)61-37-53(7)48(29-24-23-28-44(54)52(59)60-36-40(5)45(55)32-38(2)3)63-43-27-19-16-18-25-39(4)33-47-41(6)46(56)34-42(62-47)26-20-17-22-31-51(58)64-49(53)35-43/h17-20,22-25,27,31,33,38,41-49,54-56H,5,8-16,21,26,28-30,32,34-37H2,1-4,6-7H3/b20-17+,24-23?,25-18?,27-19+,31-22+,39-33-/t41-,42+,43-,44-,45?,46+,47-,48+,49-,53+/m1/s1. The Morgan fingerprint density at radius 2 is 1.66 bits per heavy atom. The van der Waals surface area contributed by atoms with Crippen molar-refractivity contribution in [1.29, 1.82) is 0 Å². The Bertz CT molecular complexity index is 1610. The van der Waals surface area contributed by atoms with Gasteiger partial charge in [0.15, 0.2) is 6.10 Å². The largest absolute Gasteiger partial charge is 0.465 e. The van der Waals surface area contributed by atoms with Gasteiger partial charge in [0, 0.05) is 37.7 Å². The fourth-order valence-corrected chi connectivity index (χ4v) is 8.27. The third-order valence-electron chi connectivity index (χ3n) is 12.5. The van der Waals surface area contributed by atoms with Gasteiger partial charge in [0.2, 0.25) is 0 Å². The number of unbranched alkanes of at least 4 members (excludes halogenated alkanes) is 8. The van der Waals surface area contributed by atoms with E-state index in [1.54, 1.807) is 18.2 Å². The highest BCUT2D eigenvalue weighted by molar-refractivity contribution is 5.82. The van der Waals surface area contributed by atoms with Gasteiger partial charge in [-0.2, -0.15) is 0 Å². The van der Waals surface area contributed by atoms with Gasteiger partial charge in [0.1, 0.15) is 19.3 Å². The number of fused-ring (bicyclic) bond motifs is 4. The normalized spacial score (nSPS) is 30.1. The molecule has 64 heavy (non-hydrogen) atoms. The number of rotatable bonds is 22. The minimum Gasteiger partial charge on any atom is -0.465 e. The molecule has 10 atom stereocenters. The van der Waals surface area contributed by atoms with E-state index in [4.69, 9.17) is 23.7 Å². The minimum atomic E-state index is -1.43. The van der Waals surface area contributed by atoms with Crippen molar-refractivity contribution in [2.45, 2.75) is 200 Å². The number of carbonyl (C=O) groups is 3. The third-order valence-corrected chi connectivity index (χ3v) is 12.5. The highest BCUT2D eigenvalue weighted by Crippen LogP contribution is 2.42. The maximum atomic E-state index is 13.5. The predicted octanol–water partition coefficient (Wildman–Crippen LogP) is 9.85. The highest BCUT2D eigenvalue weighted by atomic mass is 16.6. The number of hydrogen-bond acceptors (Lipinski definition) is 11. The lowest BCUT2D eigenvalue weighted by atomic mass is 9.73. The van der Waals surface area contributed by atoms with Crippen LogP contribution in [0.4, 0.5) is 0 Å². The molecule has 0 saturated carbocycles. The second-order valence-electron chi connectivity index (χ2n) is 18.8. The summed E-state index contributed by atoms with van der Waals surface area (Å²) >= 11 is 0. The molecular weight excluding hydrogens is 813 g/mol. The molecule has 360 valence electrons. The van der Waals surface area contributed by atoms with E-state index < -0.39 is 54.0 Å². The molecule has 2 fully saturated rings. The Hall–Kier alpha value is -3.61. The van der Waals surface area contributed by atoms with Gasteiger partial charge in [-0.05, 0) is 50.5 Å². The molecule has 0 radical (unpaired) electrons. The molecular formula is C53H82O11. The van der Waals surface area contributed by atoms with Crippen molar-refractivity contribution < 1.29 is 53.4 Å². The summed E-state index contributed by atoms with van der Waals surface area (Å²) in [4.78, 5) is 39.3. The summed E-state index contributed by atoms with van der Waals surface area (Å²) in [6.45, 7) is 15.7. The molecule has 0 aromatic carbocycles. The number of carbonyl (C=O) groups excluding carboxylic acids is 3. The lowest BCUT2D eigenvalue weighted by Gasteiger charge is -2.47. The fraction of sp³-hybridized carbons (Fsp3) is 0.679. The lowest BCUT2D eigenvalue weighted by Crippen LogP contribution is -2.55. The monoisotopic (exact) mass is 895 g/mol. The van der Waals surface area contributed by atoms with Crippen LogP contribution in [0.5, 0.6) is 0 Å². The molecule has 11 heteroatoms. The van der Waals surface area contributed by atoms with Gasteiger partial charge < -0.3 is 39.0 Å². The van der Waals surface area contributed by atoms with Gasteiger partial charge in [-0.3, -0.25) is 4.79 Å².